The number of phenolic OH excluding ortho intramolecular Hbond substituents is 1. The zero-order valence-electron chi connectivity index (χ0n) is 10.2. The summed E-state index contributed by atoms with van der Waals surface area (Å²) in [5.74, 6) is 1.84. The van der Waals surface area contributed by atoms with E-state index in [4.69, 9.17) is 0 Å². The molecule has 1 N–H and O–H groups in total. The fourth-order valence-electron chi connectivity index (χ4n) is 2.34. The van der Waals surface area contributed by atoms with E-state index in [0.29, 0.717) is 11.7 Å². The third kappa shape index (κ3) is 2.46. The molecule has 1 fully saturated rings. The van der Waals surface area contributed by atoms with Crippen LogP contribution in [0.2, 0.25) is 0 Å². The summed E-state index contributed by atoms with van der Waals surface area (Å²) in [6, 6.07) is 6.01. The second kappa shape index (κ2) is 4.32. The predicted molar refractivity (Wildman–Crippen MR) is 67.7 cm³/mol. The van der Waals surface area contributed by atoms with Crippen LogP contribution in [0.25, 0.3) is 0 Å². The first kappa shape index (κ1) is 11.3. The van der Waals surface area contributed by atoms with E-state index in [9.17, 15) is 5.11 Å². The highest BCUT2D eigenvalue weighted by molar-refractivity contribution is 5.37. The molecule has 16 heavy (non-hydrogen) atoms. The lowest BCUT2D eigenvalue weighted by atomic mass is 9.88. The molecule has 1 heteroatoms. The maximum Gasteiger partial charge on any atom is 0.118 e. The normalized spacial score (nSPS) is 17.1. The van der Waals surface area contributed by atoms with Gasteiger partial charge in [-0.25, -0.2) is 0 Å². The van der Waals surface area contributed by atoms with Gasteiger partial charge in [0.15, 0.2) is 0 Å². The van der Waals surface area contributed by atoms with Crippen LogP contribution in [-0.4, -0.2) is 5.11 Å². The molecule has 86 valence electrons. The Hall–Kier alpha value is -1.24. The zero-order valence-corrected chi connectivity index (χ0v) is 10.2. The summed E-state index contributed by atoms with van der Waals surface area (Å²) < 4.78 is 0. The second-order valence-electron chi connectivity index (χ2n) is 5.15. The van der Waals surface area contributed by atoms with Crippen LogP contribution < -0.4 is 0 Å². The minimum Gasteiger partial charge on any atom is -0.508 e. The summed E-state index contributed by atoms with van der Waals surface area (Å²) in [7, 11) is 0. The number of hydrogen-bond acceptors (Lipinski definition) is 1. The summed E-state index contributed by atoms with van der Waals surface area (Å²) in [6.45, 7) is 8.08. The van der Waals surface area contributed by atoms with Gasteiger partial charge in [0.05, 0.1) is 0 Å². The van der Waals surface area contributed by atoms with Crippen LogP contribution >= 0.6 is 0 Å². The third-order valence-corrected chi connectivity index (χ3v) is 3.41. The molecule has 0 bridgehead atoms. The molecule has 1 aromatic rings. The zero-order chi connectivity index (χ0) is 11.7. The standard InChI is InChI=1S/C15H20O/c1-10(2)8-14(12-4-5-12)13-6-7-15(16)11(3)9-13/h6-7,9,12,14,16H,1,4-5,8H2,2-3H3. The number of hydrogen-bond donors (Lipinski definition) is 1. The van der Waals surface area contributed by atoms with Crippen molar-refractivity contribution >= 4 is 0 Å². The third-order valence-electron chi connectivity index (χ3n) is 3.41. The van der Waals surface area contributed by atoms with E-state index in [-0.39, 0.29) is 0 Å². The Bertz CT molecular complexity index is 402. The molecular weight excluding hydrogens is 196 g/mol. The van der Waals surface area contributed by atoms with Gasteiger partial charge in [0.1, 0.15) is 5.75 Å². The van der Waals surface area contributed by atoms with Crippen LogP contribution in [0.1, 0.15) is 43.2 Å². The highest BCUT2D eigenvalue weighted by atomic mass is 16.3. The molecule has 0 saturated heterocycles. The van der Waals surface area contributed by atoms with E-state index >= 15 is 0 Å². The van der Waals surface area contributed by atoms with Gasteiger partial charge in [-0.05, 0) is 62.1 Å². The molecule has 2 rings (SSSR count). The maximum absolute atomic E-state index is 9.54. The average molecular weight is 216 g/mol. The van der Waals surface area contributed by atoms with Gasteiger partial charge >= 0.3 is 0 Å². The van der Waals surface area contributed by atoms with Crippen LogP contribution in [0.5, 0.6) is 5.75 Å². The van der Waals surface area contributed by atoms with E-state index in [1.807, 2.05) is 13.0 Å². The van der Waals surface area contributed by atoms with Crippen molar-refractivity contribution in [1.29, 1.82) is 0 Å². The van der Waals surface area contributed by atoms with Crippen molar-refractivity contribution in [2.45, 2.75) is 39.0 Å². The van der Waals surface area contributed by atoms with Crippen LogP contribution in [0.3, 0.4) is 0 Å². The van der Waals surface area contributed by atoms with E-state index in [1.165, 1.54) is 24.0 Å². The van der Waals surface area contributed by atoms with Gasteiger partial charge < -0.3 is 5.11 Å². The van der Waals surface area contributed by atoms with Crippen LogP contribution in [0.15, 0.2) is 30.4 Å². The Morgan fingerprint density at radius 3 is 2.69 bits per heavy atom. The van der Waals surface area contributed by atoms with Crippen molar-refractivity contribution in [2.75, 3.05) is 0 Å². The van der Waals surface area contributed by atoms with E-state index in [2.05, 4.69) is 25.6 Å². The van der Waals surface area contributed by atoms with Crippen molar-refractivity contribution in [3.05, 3.63) is 41.5 Å². The first-order valence-corrected chi connectivity index (χ1v) is 6.02. The molecule has 0 spiro atoms. The van der Waals surface area contributed by atoms with Gasteiger partial charge in [0.25, 0.3) is 0 Å². The van der Waals surface area contributed by atoms with Gasteiger partial charge in [-0.15, -0.1) is 6.58 Å². The number of phenols is 1. The molecule has 0 amide bonds. The molecule has 1 nitrogen and oxygen atoms in total. The van der Waals surface area contributed by atoms with Gasteiger partial charge in [-0.3, -0.25) is 0 Å². The maximum atomic E-state index is 9.54. The highest BCUT2D eigenvalue weighted by Crippen LogP contribution is 2.46. The monoisotopic (exact) mass is 216 g/mol. The molecule has 1 unspecified atom stereocenters. The van der Waals surface area contributed by atoms with Crippen molar-refractivity contribution < 1.29 is 5.11 Å². The lowest BCUT2D eigenvalue weighted by Gasteiger charge is -2.17. The predicted octanol–water partition coefficient (Wildman–Crippen LogP) is 4.16. The summed E-state index contributed by atoms with van der Waals surface area (Å²) in [5.41, 5.74) is 3.59. The fourth-order valence-corrected chi connectivity index (χ4v) is 2.34. The molecule has 0 aromatic heterocycles. The summed E-state index contributed by atoms with van der Waals surface area (Å²) in [4.78, 5) is 0. The van der Waals surface area contributed by atoms with Crippen molar-refractivity contribution in [1.82, 2.24) is 0 Å². The fraction of sp³-hybridized carbons (Fsp3) is 0.467. The SMILES string of the molecule is C=C(C)CC(c1ccc(O)c(C)c1)C1CC1. The Kier molecular flexibility index (Phi) is 3.04. The largest absolute Gasteiger partial charge is 0.508 e. The van der Waals surface area contributed by atoms with Crippen molar-refractivity contribution in [3.63, 3.8) is 0 Å². The Labute approximate surface area is 97.8 Å². The number of aromatic hydroxyl groups is 1. The van der Waals surface area contributed by atoms with Crippen molar-refractivity contribution in [2.24, 2.45) is 5.92 Å². The lowest BCUT2D eigenvalue weighted by Crippen LogP contribution is -2.02. The lowest BCUT2D eigenvalue weighted by molar-refractivity contribution is 0.470. The smallest absolute Gasteiger partial charge is 0.118 e. The summed E-state index contributed by atoms with van der Waals surface area (Å²) >= 11 is 0. The first-order chi connectivity index (χ1) is 7.58. The second-order valence-corrected chi connectivity index (χ2v) is 5.15. The van der Waals surface area contributed by atoms with Gasteiger partial charge in [-0.2, -0.15) is 0 Å². The molecule has 1 aromatic carbocycles. The van der Waals surface area contributed by atoms with Gasteiger partial charge in [0, 0.05) is 0 Å². The minimum absolute atomic E-state index is 0.397. The average Bonchev–Trinajstić information content (AvgIpc) is 3.02. The number of benzene rings is 1. The molecule has 0 heterocycles. The molecule has 1 aliphatic carbocycles. The van der Waals surface area contributed by atoms with Gasteiger partial charge in [0.2, 0.25) is 0 Å². The molecule has 1 saturated carbocycles. The van der Waals surface area contributed by atoms with Crippen molar-refractivity contribution in [3.8, 4) is 5.75 Å². The van der Waals surface area contributed by atoms with E-state index < -0.39 is 0 Å². The van der Waals surface area contributed by atoms with Crippen LogP contribution in [0, 0.1) is 12.8 Å². The highest BCUT2D eigenvalue weighted by Gasteiger charge is 2.32. The minimum atomic E-state index is 0.397. The molecule has 1 atom stereocenters. The Morgan fingerprint density at radius 1 is 1.50 bits per heavy atom. The van der Waals surface area contributed by atoms with Crippen LogP contribution in [-0.2, 0) is 0 Å². The summed E-state index contributed by atoms with van der Waals surface area (Å²) in [5, 5.41) is 9.54. The van der Waals surface area contributed by atoms with E-state index in [1.54, 1.807) is 0 Å². The number of rotatable bonds is 4. The molecule has 0 aliphatic heterocycles. The van der Waals surface area contributed by atoms with Crippen LogP contribution in [0.4, 0.5) is 0 Å². The number of allylic oxidation sites excluding steroid dienone is 1. The first-order valence-electron chi connectivity index (χ1n) is 6.02. The number of aryl methyl sites for hydroxylation is 1. The quantitative estimate of drug-likeness (QED) is 0.749. The van der Waals surface area contributed by atoms with Gasteiger partial charge in [-0.1, -0.05) is 17.7 Å². The molecule has 0 radical (unpaired) electrons. The summed E-state index contributed by atoms with van der Waals surface area (Å²) in [6.07, 6.45) is 3.77. The molecular formula is C15H20O. The van der Waals surface area contributed by atoms with E-state index in [0.717, 1.165) is 17.9 Å². The topological polar surface area (TPSA) is 20.2 Å². The Morgan fingerprint density at radius 2 is 2.19 bits per heavy atom. The molecule has 1 aliphatic rings. The Balaban J connectivity index is 2.24.